The minimum Gasteiger partial charge on any atom is -0.479 e. The summed E-state index contributed by atoms with van der Waals surface area (Å²) in [6.07, 6.45) is 0. The fourth-order valence-electron chi connectivity index (χ4n) is 1.33. The normalized spacial score (nSPS) is 10.4. The number of nitrogens with zero attached hydrogens (tertiary/aromatic N) is 2. The van der Waals surface area contributed by atoms with Gasteiger partial charge in [0.05, 0.1) is 26.4 Å². The number of carbonyl (C=O) groups excluding carboxylic acids is 1. The van der Waals surface area contributed by atoms with Crippen LogP contribution in [0.2, 0.25) is 0 Å². The standard InChI is InChI=1S/C11H18N2O5/c1-15-6-4-13(5-7-16-2)11(14)9-8-10(17-3)12-18-9/h8H,4-7H2,1-3H3. The van der Waals surface area contributed by atoms with Crippen LogP contribution in [0.1, 0.15) is 10.6 Å². The van der Waals surface area contributed by atoms with E-state index in [-0.39, 0.29) is 17.5 Å². The van der Waals surface area contributed by atoms with Crippen LogP contribution >= 0.6 is 0 Å². The van der Waals surface area contributed by atoms with Gasteiger partial charge in [0.1, 0.15) is 0 Å². The second kappa shape index (κ2) is 7.67. The molecule has 0 spiro atoms. The van der Waals surface area contributed by atoms with Gasteiger partial charge in [0, 0.05) is 27.3 Å². The molecule has 0 fully saturated rings. The van der Waals surface area contributed by atoms with Gasteiger partial charge >= 0.3 is 0 Å². The maximum absolute atomic E-state index is 12.1. The molecule has 18 heavy (non-hydrogen) atoms. The van der Waals surface area contributed by atoms with E-state index in [1.807, 2.05) is 0 Å². The zero-order chi connectivity index (χ0) is 13.4. The van der Waals surface area contributed by atoms with Crippen molar-refractivity contribution < 1.29 is 23.5 Å². The van der Waals surface area contributed by atoms with Crippen LogP contribution in [0.4, 0.5) is 0 Å². The summed E-state index contributed by atoms with van der Waals surface area (Å²) in [7, 11) is 4.62. The number of hydrogen-bond donors (Lipinski definition) is 0. The van der Waals surface area contributed by atoms with Crippen LogP contribution < -0.4 is 4.74 Å². The molecule has 0 aromatic carbocycles. The van der Waals surface area contributed by atoms with Crippen molar-refractivity contribution in [3.8, 4) is 5.88 Å². The number of rotatable bonds is 8. The molecular weight excluding hydrogens is 240 g/mol. The third-order valence-electron chi connectivity index (χ3n) is 2.33. The predicted octanol–water partition coefficient (Wildman–Crippen LogP) is 0.418. The number of carbonyl (C=O) groups is 1. The number of aromatic nitrogens is 1. The molecule has 0 aliphatic rings. The molecule has 1 aromatic heterocycles. The first-order valence-electron chi connectivity index (χ1n) is 5.50. The van der Waals surface area contributed by atoms with E-state index in [2.05, 4.69) is 5.16 Å². The summed E-state index contributed by atoms with van der Waals surface area (Å²) in [5.41, 5.74) is 0. The highest BCUT2D eigenvalue weighted by Gasteiger charge is 2.20. The van der Waals surface area contributed by atoms with Crippen LogP contribution in [-0.4, -0.2) is 63.6 Å². The minimum atomic E-state index is -0.264. The fourth-order valence-corrected chi connectivity index (χ4v) is 1.33. The highest BCUT2D eigenvalue weighted by atomic mass is 16.5. The third-order valence-corrected chi connectivity index (χ3v) is 2.33. The van der Waals surface area contributed by atoms with Crippen molar-refractivity contribution in [2.24, 2.45) is 0 Å². The summed E-state index contributed by atoms with van der Waals surface area (Å²) in [4.78, 5) is 13.7. The van der Waals surface area contributed by atoms with Crippen LogP contribution in [0.25, 0.3) is 0 Å². The average molecular weight is 258 g/mol. The Balaban J connectivity index is 2.67. The lowest BCUT2D eigenvalue weighted by molar-refractivity contribution is 0.0589. The molecule has 0 radical (unpaired) electrons. The second-order valence-electron chi connectivity index (χ2n) is 3.51. The van der Waals surface area contributed by atoms with Gasteiger partial charge in [0.2, 0.25) is 5.76 Å². The van der Waals surface area contributed by atoms with Crippen LogP contribution in [-0.2, 0) is 9.47 Å². The van der Waals surface area contributed by atoms with Crippen molar-refractivity contribution in [3.05, 3.63) is 11.8 Å². The number of ether oxygens (including phenoxy) is 3. The van der Waals surface area contributed by atoms with Gasteiger partial charge in [-0.25, -0.2) is 0 Å². The van der Waals surface area contributed by atoms with E-state index in [0.717, 1.165) is 0 Å². The van der Waals surface area contributed by atoms with Crippen LogP contribution in [0.5, 0.6) is 5.88 Å². The molecule has 0 unspecified atom stereocenters. The molecule has 0 aliphatic carbocycles. The summed E-state index contributed by atoms with van der Waals surface area (Å²) in [6.45, 7) is 1.81. The zero-order valence-electron chi connectivity index (χ0n) is 10.8. The molecule has 0 bridgehead atoms. The lowest BCUT2D eigenvalue weighted by Crippen LogP contribution is -2.36. The van der Waals surface area contributed by atoms with E-state index >= 15 is 0 Å². The second-order valence-corrected chi connectivity index (χ2v) is 3.51. The van der Waals surface area contributed by atoms with Crippen LogP contribution in [0, 0.1) is 0 Å². The molecule has 1 rings (SSSR count). The van der Waals surface area contributed by atoms with E-state index < -0.39 is 0 Å². The van der Waals surface area contributed by atoms with Crippen LogP contribution in [0.15, 0.2) is 10.6 Å². The molecule has 0 N–H and O–H groups in total. The van der Waals surface area contributed by atoms with Gasteiger partial charge < -0.3 is 23.6 Å². The first-order valence-corrected chi connectivity index (χ1v) is 5.50. The third kappa shape index (κ3) is 4.01. The smallest absolute Gasteiger partial charge is 0.292 e. The van der Waals surface area contributed by atoms with Crippen molar-refractivity contribution in [1.82, 2.24) is 10.1 Å². The van der Waals surface area contributed by atoms with Gasteiger partial charge in [-0.15, -0.1) is 0 Å². The molecular formula is C11H18N2O5. The Bertz CT molecular complexity index is 358. The lowest BCUT2D eigenvalue weighted by atomic mass is 10.3. The Labute approximate surface area is 106 Å². The molecule has 0 atom stereocenters. The first kappa shape index (κ1) is 14.5. The van der Waals surface area contributed by atoms with Crippen molar-refractivity contribution in [2.45, 2.75) is 0 Å². The van der Waals surface area contributed by atoms with Crippen molar-refractivity contribution >= 4 is 5.91 Å². The van der Waals surface area contributed by atoms with Crippen molar-refractivity contribution in [3.63, 3.8) is 0 Å². The summed E-state index contributed by atoms with van der Waals surface area (Å²) in [6, 6.07) is 1.45. The average Bonchev–Trinajstić information content (AvgIpc) is 2.87. The Morgan fingerprint density at radius 3 is 2.33 bits per heavy atom. The monoisotopic (exact) mass is 258 g/mol. The molecule has 1 aromatic rings. The Kier molecular flexibility index (Phi) is 6.16. The molecule has 0 saturated carbocycles. The topological polar surface area (TPSA) is 74.0 Å². The largest absolute Gasteiger partial charge is 0.479 e. The molecule has 1 heterocycles. The van der Waals surface area contributed by atoms with E-state index in [1.54, 1.807) is 19.1 Å². The molecule has 7 nitrogen and oxygen atoms in total. The Morgan fingerprint density at radius 2 is 1.89 bits per heavy atom. The van der Waals surface area contributed by atoms with Crippen molar-refractivity contribution in [2.75, 3.05) is 47.6 Å². The molecule has 0 aliphatic heterocycles. The van der Waals surface area contributed by atoms with Gasteiger partial charge in [-0.05, 0) is 5.16 Å². The van der Waals surface area contributed by atoms with E-state index in [1.165, 1.54) is 13.2 Å². The quantitative estimate of drug-likeness (QED) is 0.672. The Morgan fingerprint density at radius 1 is 1.28 bits per heavy atom. The van der Waals surface area contributed by atoms with Gasteiger partial charge in [-0.3, -0.25) is 4.79 Å². The first-order chi connectivity index (χ1) is 8.72. The summed E-state index contributed by atoms with van der Waals surface area (Å²) in [5, 5.41) is 3.59. The molecule has 7 heteroatoms. The molecule has 102 valence electrons. The van der Waals surface area contributed by atoms with Gasteiger partial charge in [0.15, 0.2) is 0 Å². The van der Waals surface area contributed by atoms with Gasteiger partial charge in [-0.1, -0.05) is 0 Å². The fraction of sp³-hybridized carbons (Fsp3) is 0.636. The minimum absolute atomic E-state index is 0.138. The molecule has 0 saturated heterocycles. The summed E-state index contributed by atoms with van der Waals surface area (Å²) in [5.74, 6) is 0.149. The lowest BCUT2D eigenvalue weighted by Gasteiger charge is -2.20. The van der Waals surface area contributed by atoms with Gasteiger partial charge in [0.25, 0.3) is 11.8 Å². The number of amides is 1. The predicted molar refractivity (Wildman–Crippen MR) is 62.7 cm³/mol. The maximum atomic E-state index is 12.1. The summed E-state index contributed by atoms with van der Waals surface area (Å²) < 4.78 is 19.7. The maximum Gasteiger partial charge on any atom is 0.292 e. The highest BCUT2D eigenvalue weighted by Crippen LogP contribution is 2.12. The Hall–Kier alpha value is -1.60. The van der Waals surface area contributed by atoms with Crippen LogP contribution in [0.3, 0.4) is 0 Å². The summed E-state index contributed by atoms with van der Waals surface area (Å²) >= 11 is 0. The SMILES string of the molecule is COCCN(CCOC)C(=O)c1cc(OC)no1. The van der Waals surface area contributed by atoms with E-state index in [4.69, 9.17) is 18.7 Å². The van der Waals surface area contributed by atoms with E-state index in [0.29, 0.717) is 26.3 Å². The number of hydrogen-bond acceptors (Lipinski definition) is 6. The van der Waals surface area contributed by atoms with Crippen molar-refractivity contribution in [1.29, 1.82) is 0 Å². The zero-order valence-corrected chi connectivity index (χ0v) is 10.8. The van der Waals surface area contributed by atoms with Gasteiger partial charge in [-0.2, -0.15) is 0 Å². The molecule has 1 amide bonds. The van der Waals surface area contributed by atoms with E-state index in [9.17, 15) is 4.79 Å². The highest BCUT2D eigenvalue weighted by molar-refractivity contribution is 5.91. The number of methoxy groups -OCH3 is 3.